The van der Waals surface area contributed by atoms with Crippen molar-refractivity contribution < 1.29 is 9.59 Å². The summed E-state index contributed by atoms with van der Waals surface area (Å²) in [5.74, 6) is 0.244. The van der Waals surface area contributed by atoms with Gasteiger partial charge < -0.3 is 5.32 Å². The van der Waals surface area contributed by atoms with Gasteiger partial charge in [0.05, 0.1) is 18.2 Å². The second kappa shape index (κ2) is 6.92. The van der Waals surface area contributed by atoms with E-state index in [0.717, 1.165) is 29.7 Å². The molecule has 2 heterocycles. The van der Waals surface area contributed by atoms with Crippen LogP contribution in [0.1, 0.15) is 52.5 Å². The Kier molecular flexibility index (Phi) is 4.23. The lowest BCUT2D eigenvalue weighted by Crippen LogP contribution is -2.42. The molecule has 0 saturated heterocycles. The standard InChI is InChI=1S/C22H21N5O2/c28-18-12-16-15(7-4-10-23-16)22(8-9-22)13-17(18)24-21(29)20-25-19(26-27-20)11-14-5-2-1-3-6-14/h1-7,10,17H,8-9,11-13H2,(H,24,29)(H,25,26,27)/t17-/m1/s1. The lowest BCUT2D eigenvalue weighted by molar-refractivity contribution is -0.120. The zero-order chi connectivity index (χ0) is 19.8. The number of benzene rings is 1. The molecule has 2 N–H and O–H groups in total. The number of rotatable bonds is 4. The molecule has 0 bridgehead atoms. The summed E-state index contributed by atoms with van der Waals surface area (Å²) in [4.78, 5) is 34.2. The van der Waals surface area contributed by atoms with Crippen molar-refractivity contribution in [3.8, 4) is 0 Å². The number of carbonyl (C=O) groups excluding carboxylic acids is 2. The van der Waals surface area contributed by atoms with E-state index >= 15 is 0 Å². The van der Waals surface area contributed by atoms with Gasteiger partial charge in [-0.05, 0) is 41.9 Å². The quantitative estimate of drug-likeness (QED) is 0.714. The summed E-state index contributed by atoms with van der Waals surface area (Å²) in [6.45, 7) is 0. The maximum absolute atomic E-state index is 12.8. The fourth-order valence-electron chi connectivity index (χ4n) is 4.21. The average molecular weight is 387 g/mol. The number of Topliss-reactive ketones (excluding diaryl/α,β-unsaturated/α-hetero) is 1. The Bertz CT molecular complexity index is 1070. The predicted octanol–water partition coefficient (Wildman–Crippen LogP) is 2.14. The SMILES string of the molecule is O=C(N[C@@H]1CC2(CC2)c2cccnc2CC1=O)c1n[nH]c(Cc2ccccc2)n1. The van der Waals surface area contributed by atoms with Gasteiger partial charge in [-0.3, -0.25) is 19.7 Å². The Balaban J connectivity index is 1.31. The molecule has 3 aromatic rings. The molecular formula is C22H21N5O2. The second-order valence-corrected chi connectivity index (χ2v) is 7.92. The second-order valence-electron chi connectivity index (χ2n) is 7.92. The number of amides is 1. The van der Waals surface area contributed by atoms with E-state index in [2.05, 4.69) is 31.5 Å². The highest BCUT2D eigenvalue weighted by molar-refractivity contribution is 5.96. The normalized spacial score (nSPS) is 19.4. The number of fused-ring (bicyclic) bond motifs is 2. The summed E-state index contributed by atoms with van der Waals surface area (Å²) in [5.41, 5.74) is 3.05. The number of carbonyl (C=O) groups is 2. The zero-order valence-corrected chi connectivity index (χ0v) is 15.9. The minimum atomic E-state index is -0.546. The van der Waals surface area contributed by atoms with Gasteiger partial charge in [-0.15, -0.1) is 5.10 Å². The number of aromatic nitrogens is 4. The molecule has 1 saturated carbocycles. The Morgan fingerprint density at radius 1 is 1.17 bits per heavy atom. The van der Waals surface area contributed by atoms with E-state index in [1.165, 1.54) is 0 Å². The third-order valence-corrected chi connectivity index (χ3v) is 5.89. The fourth-order valence-corrected chi connectivity index (χ4v) is 4.21. The van der Waals surface area contributed by atoms with Crippen molar-refractivity contribution in [1.29, 1.82) is 0 Å². The molecule has 2 aliphatic carbocycles. The van der Waals surface area contributed by atoms with Crippen molar-refractivity contribution in [3.63, 3.8) is 0 Å². The lowest BCUT2D eigenvalue weighted by atomic mass is 9.90. The van der Waals surface area contributed by atoms with Crippen LogP contribution < -0.4 is 5.32 Å². The summed E-state index contributed by atoms with van der Waals surface area (Å²) >= 11 is 0. The van der Waals surface area contributed by atoms with Crippen LogP contribution in [-0.2, 0) is 23.1 Å². The molecule has 0 radical (unpaired) electrons. The monoisotopic (exact) mass is 387 g/mol. The number of nitrogens with one attached hydrogen (secondary N) is 2. The van der Waals surface area contributed by atoms with Gasteiger partial charge in [-0.25, -0.2) is 4.98 Å². The minimum absolute atomic E-state index is 0.0119. The van der Waals surface area contributed by atoms with Gasteiger partial charge in [-0.1, -0.05) is 36.4 Å². The number of aromatic amines is 1. The van der Waals surface area contributed by atoms with Crippen molar-refractivity contribution in [3.05, 3.63) is 77.1 Å². The Morgan fingerprint density at radius 2 is 2.00 bits per heavy atom. The van der Waals surface area contributed by atoms with Crippen molar-refractivity contribution in [2.24, 2.45) is 0 Å². The summed E-state index contributed by atoms with van der Waals surface area (Å²) in [7, 11) is 0. The van der Waals surface area contributed by atoms with Crippen molar-refractivity contribution in [2.45, 2.75) is 43.6 Å². The maximum Gasteiger partial charge on any atom is 0.291 e. The first-order valence-electron chi connectivity index (χ1n) is 9.86. The Morgan fingerprint density at radius 3 is 2.79 bits per heavy atom. The number of pyridine rings is 1. The van der Waals surface area contributed by atoms with Crippen LogP contribution in [0.4, 0.5) is 0 Å². The van der Waals surface area contributed by atoms with Crippen LogP contribution in [0.25, 0.3) is 0 Å². The van der Waals surface area contributed by atoms with Crippen molar-refractivity contribution in [2.75, 3.05) is 0 Å². The molecule has 7 nitrogen and oxygen atoms in total. The van der Waals surface area contributed by atoms with Crippen LogP contribution in [-0.4, -0.2) is 37.9 Å². The molecule has 0 unspecified atom stereocenters. The third kappa shape index (κ3) is 3.44. The van der Waals surface area contributed by atoms with Gasteiger partial charge in [0, 0.05) is 12.6 Å². The predicted molar refractivity (Wildman–Crippen MR) is 105 cm³/mol. The molecule has 2 aromatic heterocycles. The summed E-state index contributed by atoms with van der Waals surface area (Å²) in [6, 6.07) is 13.3. The fraction of sp³-hybridized carbons (Fsp3) is 0.318. The lowest BCUT2D eigenvalue weighted by Gasteiger charge is -2.20. The van der Waals surface area contributed by atoms with Crippen LogP contribution in [0.2, 0.25) is 0 Å². The number of hydrogen-bond acceptors (Lipinski definition) is 5. The van der Waals surface area contributed by atoms with Crippen LogP contribution >= 0.6 is 0 Å². The average Bonchev–Trinajstić information content (AvgIpc) is 3.39. The molecule has 1 spiro atoms. The maximum atomic E-state index is 12.8. The molecule has 1 amide bonds. The topological polar surface area (TPSA) is 101 Å². The largest absolute Gasteiger partial charge is 0.339 e. The molecule has 2 aliphatic rings. The molecule has 1 atom stereocenters. The van der Waals surface area contributed by atoms with E-state index in [9.17, 15) is 9.59 Å². The highest BCUT2D eigenvalue weighted by Gasteiger charge is 2.50. The van der Waals surface area contributed by atoms with Gasteiger partial charge in [0.2, 0.25) is 5.82 Å². The van der Waals surface area contributed by atoms with E-state index in [0.29, 0.717) is 18.7 Å². The Labute approximate surface area is 168 Å². The number of ketones is 1. The van der Waals surface area contributed by atoms with Crippen molar-refractivity contribution in [1.82, 2.24) is 25.5 Å². The van der Waals surface area contributed by atoms with Crippen LogP contribution in [0.3, 0.4) is 0 Å². The van der Waals surface area contributed by atoms with E-state index in [1.54, 1.807) is 6.20 Å². The first kappa shape index (κ1) is 17.7. The summed E-state index contributed by atoms with van der Waals surface area (Å²) < 4.78 is 0. The minimum Gasteiger partial charge on any atom is -0.339 e. The molecule has 29 heavy (non-hydrogen) atoms. The summed E-state index contributed by atoms with van der Waals surface area (Å²) in [5, 5.41) is 9.74. The van der Waals surface area contributed by atoms with E-state index < -0.39 is 11.9 Å². The van der Waals surface area contributed by atoms with Crippen LogP contribution in [0, 0.1) is 0 Å². The van der Waals surface area contributed by atoms with E-state index in [1.807, 2.05) is 36.4 Å². The van der Waals surface area contributed by atoms with E-state index in [4.69, 9.17) is 0 Å². The van der Waals surface area contributed by atoms with Gasteiger partial charge >= 0.3 is 0 Å². The number of H-pyrrole nitrogens is 1. The highest BCUT2D eigenvalue weighted by atomic mass is 16.2. The zero-order valence-electron chi connectivity index (χ0n) is 15.9. The number of hydrogen-bond donors (Lipinski definition) is 2. The van der Waals surface area contributed by atoms with Gasteiger partial charge in [0.1, 0.15) is 5.82 Å². The molecule has 7 heteroatoms. The molecule has 146 valence electrons. The van der Waals surface area contributed by atoms with Gasteiger partial charge in [0.25, 0.3) is 5.91 Å². The van der Waals surface area contributed by atoms with Gasteiger partial charge in [-0.2, -0.15) is 0 Å². The smallest absolute Gasteiger partial charge is 0.291 e. The Hall–Kier alpha value is -3.35. The molecule has 5 rings (SSSR count). The van der Waals surface area contributed by atoms with Crippen molar-refractivity contribution >= 4 is 11.7 Å². The first-order chi connectivity index (χ1) is 14.1. The number of nitrogens with zero attached hydrogens (tertiary/aromatic N) is 3. The summed E-state index contributed by atoms with van der Waals surface area (Å²) in [6.07, 6.45) is 5.19. The van der Waals surface area contributed by atoms with Crippen LogP contribution in [0.5, 0.6) is 0 Å². The molecule has 0 aliphatic heterocycles. The van der Waals surface area contributed by atoms with E-state index in [-0.39, 0.29) is 23.4 Å². The van der Waals surface area contributed by atoms with Crippen LogP contribution in [0.15, 0.2) is 48.7 Å². The molecule has 1 fully saturated rings. The molecule has 1 aromatic carbocycles. The first-order valence-corrected chi connectivity index (χ1v) is 9.86. The van der Waals surface area contributed by atoms with Gasteiger partial charge in [0.15, 0.2) is 5.78 Å². The third-order valence-electron chi connectivity index (χ3n) is 5.89. The highest BCUT2D eigenvalue weighted by Crippen LogP contribution is 2.53. The molecular weight excluding hydrogens is 366 g/mol.